The molecule has 2 N–H and O–H groups in total. The van der Waals surface area contributed by atoms with Gasteiger partial charge in [-0.3, -0.25) is 19.9 Å². The van der Waals surface area contributed by atoms with Crippen LogP contribution in [0.25, 0.3) is 0 Å². The topological polar surface area (TPSA) is 128 Å². The van der Waals surface area contributed by atoms with Gasteiger partial charge in [0.25, 0.3) is 11.6 Å². The second-order valence-corrected chi connectivity index (χ2v) is 7.01. The number of ether oxygens (including phenoxy) is 1. The molecule has 0 aromatic heterocycles. The van der Waals surface area contributed by atoms with Crippen LogP contribution in [0.1, 0.15) is 16.7 Å². The van der Waals surface area contributed by atoms with Crippen molar-refractivity contribution < 1.29 is 19.2 Å². The van der Waals surface area contributed by atoms with Crippen molar-refractivity contribution in [1.29, 1.82) is 0 Å². The number of aliphatic imine (C=N–C) groups is 1. The van der Waals surface area contributed by atoms with E-state index in [0.29, 0.717) is 5.56 Å². The Kier molecular flexibility index (Phi) is 5.73. The molecular formula is C23H18N4O5. The van der Waals surface area contributed by atoms with Crippen molar-refractivity contribution in [3.63, 3.8) is 0 Å². The van der Waals surface area contributed by atoms with Crippen molar-refractivity contribution >= 4 is 29.0 Å². The number of benzodiazepines with no additional fused rings is 1. The zero-order valence-electron chi connectivity index (χ0n) is 16.8. The molecule has 9 heteroatoms. The van der Waals surface area contributed by atoms with Crippen LogP contribution in [-0.4, -0.2) is 28.6 Å². The summed E-state index contributed by atoms with van der Waals surface area (Å²) >= 11 is 0. The second kappa shape index (κ2) is 8.78. The Labute approximate surface area is 182 Å². The molecule has 0 spiro atoms. The number of hydrogen-bond donors (Lipinski definition) is 1. The van der Waals surface area contributed by atoms with E-state index in [1.165, 1.54) is 18.2 Å². The van der Waals surface area contributed by atoms with Gasteiger partial charge in [-0.15, -0.1) is 0 Å². The summed E-state index contributed by atoms with van der Waals surface area (Å²) in [6.45, 7) is -0.0391. The molecule has 1 aliphatic heterocycles. The molecule has 3 aromatic carbocycles. The van der Waals surface area contributed by atoms with Gasteiger partial charge in [0.15, 0.2) is 0 Å². The largest absolute Gasteiger partial charge is 0.459 e. The summed E-state index contributed by atoms with van der Waals surface area (Å²) in [5.41, 5.74) is 1.81. The van der Waals surface area contributed by atoms with Gasteiger partial charge < -0.3 is 4.74 Å². The number of carbonyl (C=O) groups is 2. The van der Waals surface area contributed by atoms with Crippen molar-refractivity contribution in [2.24, 2.45) is 10.8 Å². The fraction of sp³-hybridized carbons (Fsp3) is 0.0870. The van der Waals surface area contributed by atoms with Gasteiger partial charge in [-0.1, -0.05) is 60.7 Å². The molecule has 4 rings (SSSR count). The summed E-state index contributed by atoms with van der Waals surface area (Å²) in [4.78, 5) is 41.0. The van der Waals surface area contributed by atoms with E-state index in [2.05, 4.69) is 4.99 Å². The summed E-state index contributed by atoms with van der Waals surface area (Å²) in [5.74, 6) is 4.35. The Morgan fingerprint density at radius 2 is 1.72 bits per heavy atom. The first-order chi connectivity index (χ1) is 15.5. The summed E-state index contributed by atoms with van der Waals surface area (Å²) in [7, 11) is 0. The lowest BCUT2D eigenvalue weighted by atomic mass is 10.00. The molecular weight excluding hydrogens is 412 g/mol. The van der Waals surface area contributed by atoms with Crippen LogP contribution in [0.5, 0.6) is 0 Å². The van der Waals surface area contributed by atoms with Gasteiger partial charge in [0.2, 0.25) is 6.04 Å². The molecule has 0 radical (unpaired) electrons. The number of nitro benzene ring substituents is 1. The molecule has 0 saturated heterocycles. The summed E-state index contributed by atoms with van der Waals surface area (Å²) in [5, 5.41) is 12.1. The van der Waals surface area contributed by atoms with Gasteiger partial charge in [0.05, 0.1) is 16.3 Å². The van der Waals surface area contributed by atoms with Gasteiger partial charge in [0.1, 0.15) is 6.61 Å². The number of rotatable bonds is 5. The molecule has 160 valence electrons. The number of fused-ring (bicyclic) bond motifs is 1. The lowest BCUT2D eigenvalue weighted by Crippen LogP contribution is -2.46. The number of benzene rings is 3. The lowest BCUT2D eigenvalue weighted by Gasteiger charge is -2.19. The SMILES string of the molecule is NN1C(=O)C(C(=O)OCc2ccccc2)N=C(c2ccccc2)c2cc([N+](=O)[O-])ccc21. The van der Waals surface area contributed by atoms with Gasteiger partial charge >= 0.3 is 5.97 Å². The van der Waals surface area contributed by atoms with Crippen LogP contribution in [0.3, 0.4) is 0 Å². The first-order valence-corrected chi connectivity index (χ1v) is 9.67. The number of carbonyl (C=O) groups excluding carboxylic acids is 2. The maximum absolute atomic E-state index is 13.0. The molecule has 1 amide bonds. The Morgan fingerprint density at radius 1 is 1.06 bits per heavy atom. The number of nitro groups is 1. The third-order valence-electron chi connectivity index (χ3n) is 4.93. The van der Waals surface area contributed by atoms with E-state index < -0.39 is 22.8 Å². The minimum atomic E-state index is -1.56. The standard InChI is InChI=1S/C23H18N4O5/c24-26-19-12-11-17(27(30)31)13-18(19)20(16-9-5-2-6-10-16)25-21(22(26)28)23(29)32-14-15-7-3-1-4-8-15/h1-13,21H,14,24H2. The molecule has 9 nitrogen and oxygen atoms in total. The number of nitrogens with two attached hydrogens (primary N) is 1. The minimum absolute atomic E-state index is 0.0391. The van der Waals surface area contributed by atoms with Gasteiger partial charge in [-0.05, 0) is 11.6 Å². The van der Waals surface area contributed by atoms with E-state index in [1.807, 2.05) is 6.07 Å². The van der Waals surface area contributed by atoms with Crippen LogP contribution >= 0.6 is 0 Å². The molecule has 0 aliphatic carbocycles. The molecule has 1 unspecified atom stereocenters. The highest BCUT2D eigenvalue weighted by Gasteiger charge is 2.37. The predicted octanol–water partition coefficient (Wildman–Crippen LogP) is 2.76. The summed E-state index contributed by atoms with van der Waals surface area (Å²) in [6.07, 6.45) is 0. The van der Waals surface area contributed by atoms with Crippen molar-refractivity contribution in [1.82, 2.24) is 0 Å². The Balaban J connectivity index is 1.78. The monoisotopic (exact) mass is 430 g/mol. The maximum Gasteiger partial charge on any atom is 0.341 e. The lowest BCUT2D eigenvalue weighted by molar-refractivity contribution is -0.384. The average Bonchev–Trinajstić information content (AvgIpc) is 2.93. The summed E-state index contributed by atoms with van der Waals surface area (Å²) < 4.78 is 5.33. The molecule has 1 heterocycles. The fourth-order valence-electron chi connectivity index (χ4n) is 3.33. The van der Waals surface area contributed by atoms with E-state index >= 15 is 0 Å². The Bertz CT molecular complexity index is 1210. The van der Waals surface area contributed by atoms with Crippen LogP contribution in [0, 0.1) is 10.1 Å². The zero-order chi connectivity index (χ0) is 22.7. The fourth-order valence-corrected chi connectivity index (χ4v) is 3.33. The van der Waals surface area contributed by atoms with Gasteiger partial charge in [-0.2, -0.15) is 0 Å². The summed E-state index contributed by atoms with van der Waals surface area (Å²) in [6, 6.07) is 20.1. The highest BCUT2D eigenvalue weighted by atomic mass is 16.6. The Morgan fingerprint density at radius 3 is 2.38 bits per heavy atom. The molecule has 0 fully saturated rings. The maximum atomic E-state index is 13.0. The first kappa shape index (κ1) is 20.9. The van der Waals surface area contributed by atoms with Gasteiger partial charge in [0, 0.05) is 23.3 Å². The first-order valence-electron chi connectivity index (χ1n) is 9.67. The molecule has 0 bridgehead atoms. The number of non-ortho nitro benzene ring substituents is 1. The van der Waals surface area contributed by atoms with Crippen molar-refractivity contribution in [3.8, 4) is 0 Å². The van der Waals surface area contributed by atoms with E-state index in [4.69, 9.17) is 10.6 Å². The number of nitrogens with zero attached hydrogens (tertiary/aromatic N) is 3. The minimum Gasteiger partial charge on any atom is -0.459 e. The number of esters is 1. The Hall–Kier alpha value is -4.37. The van der Waals surface area contributed by atoms with E-state index in [-0.39, 0.29) is 29.3 Å². The van der Waals surface area contributed by atoms with Crippen LogP contribution in [-0.2, 0) is 20.9 Å². The predicted molar refractivity (Wildman–Crippen MR) is 117 cm³/mol. The van der Waals surface area contributed by atoms with Gasteiger partial charge in [-0.25, -0.2) is 15.6 Å². The third-order valence-corrected chi connectivity index (χ3v) is 4.93. The molecule has 32 heavy (non-hydrogen) atoms. The highest BCUT2D eigenvalue weighted by Crippen LogP contribution is 2.30. The number of hydrazine groups is 1. The quantitative estimate of drug-likeness (QED) is 0.166. The van der Waals surface area contributed by atoms with Crippen molar-refractivity contribution in [3.05, 3.63) is 106 Å². The molecule has 1 aliphatic rings. The van der Waals surface area contributed by atoms with E-state index in [0.717, 1.165) is 10.6 Å². The normalized spacial score (nSPS) is 15.4. The molecule has 3 aromatic rings. The molecule has 0 saturated carbocycles. The average molecular weight is 430 g/mol. The second-order valence-electron chi connectivity index (χ2n) is 7.01. The van der Waals surface area contributed by atoms with Crippen LogP contribution in [0.4, 0.5) is 11.4 Å². The van der Waals surface area contributed by atoms with E-state index in [9.17, 15) is 19.7 Å². The van der Waals surface area contributed by atoms with E-state index in [1.54, 1.807) is 54.6 Å². The van der Waals surface area contributed by atoms with Crippen molar-refractivity contribution in [2.45, 2.75) is 12.6 Å². The van der Waals surface area contributed by atoms with Crippen LogP contribution < -0.4 is 10.9 Å². The molecule has 1 atom stereocenters. The zero-order valence-corrected chi connectivity index (χ0v) is 16.8. The number of hydrogen-bond acceptors (Lipinski definition) is 7. The smallest absolute Gasteiger partial charge is 0.341 e. The van der Waals surface area contributed by atoms with Crippen LogP contribution in [0.2, 0.25) is 0 Å². The van der Waals surface area contributed by atoms with Crippen LogP contribution in [0.15, 0.2) is 83.9 Å². The van der Waals surface area contributed by atoms with Crippen molar-refractivity contribution in [2.75, 3.05) is 5.01 Å². The number of anilines is 1. The number of amides is 1. The third kappa shape index (κ3) is 4.09. The highest BCUT2D eigenvalue weighted by molar-refractivity contribution is 6.23.